The third-order valence-corrected chi connectivity index (χ3v) is 5.98. The summed E-state index contributed by atoms with van der Waals surface area (Å²) in [6, 6.07) is 20.8. The Hall–Kier alpha value is -3.86. The molecule has 0 saturated carbocycles. The van der Waals surface area contributed by atoms with Crippen LogP contribution in [0, 0.1) is 13.8 Å². The van der Waals surface area contributed by atoms with Crippen molar-refractivity contribution in [2.75, 3.05) is 10.2 Å². The van der Waals surface area contributed by atoms with Crippen LogP contribution < -0.4 is 15.0 Å². The van der Waals surface area contributed by atoms with Crippen LogP contribution in [0.1, 0.15) is 43.0 Å². The van der Waals surface area contributed by atoms with Gasteiger partial charge in [-0.3, -0.25) is 9.59 Å². The summed E-state index contributed by atoms with van der Waals surface area (Å²) in [5, 5.41) is 3.22. The number of imide groups is 1. The zero-order valence-corrected chi connectivity index (χ0v) is 20.3. The molecule has 1 heterocycles. The minimum absolute atomic E-state index is 0.0691. The van der Waals surface area contributed by atoms with E-state index in [2.05, 4.69) is 12.2 Å². The Morgan fingerprint density at radius 1 is 0.853 bits per heavy atom. The largest absolute Gasteiger partial charge is 0.491 e. The first kappa shape index (κ1) is 23.3. The molecule has 174 valence electrons. The second-order valence-corrected chi connectivity index (χ2v) is 8.83. The van der Waals surface area contributed by atoms with Crippen molar-refractivity contribution in [1.82, 2.24) is 0 Å². The number of anilines is 2. The minimum Gasteiger partial charge on any atom is -0.491 e. The summed E-state index contributed by atoms with van der Waals surface area (Å²) in [4.78, 5) is 28.5. The summed E-state index contributed by atoms with van der Waals surface area (Å²) in [6.07, 6.45) is 0.956. The number of rotatable bonds is 7. The van der Waals surface area contributed by atoms with Crippen molar-refractivity contribution in [2.45, 2.75) is 47.1 Å². The number of ether oxygens (including phenoxy) is 1. The van der Waals surface area contributed by atoms with Gasteiger partial charge in [-0.05, 0) is 92.8 Å². The number of benzene rings is 3. The summed E-state index contributed by atoms with van der Waals surface area (Å²) < 4.78 is 5.72. The average Bonchev–Trinajstić information content (AvgIpc) is 3.06. The van der Waals surface area contributed by atoms with Gasteiger partial charge in [-0.2, -0.15) is 0 Å². The Labute approximate surface area is 201 Å². The molecular formula is C29H30N2O3. The van der Waals surface area contributed by atoms with Crippen LogP contribution in [0.15, 0.2) is 72.4 Å². The fourth-order valence-corrected chi connectivity index (χ4v) is 3.96. The van der Waals surface area contributed by atoms with Gasteiger partial charge in [-0.25, -0.2) is 4.90 Å². The first-order chi connectivity index (χ1) is 16.3. The van der Waals surface area contributed by atoms with Crippen LogP contribution in [0.5, 0.6) is 5.75 Å². The molecule has 5 nitrogen and oxygen atoms in total. The minimum atomic E-state index is -0.370. The molecular weight excluding hydrogens is 424 g/mol. The van der Waals surface area contributed by atoms with Gasteiger partial charge >= 0.3 is 0 Å². The molecule has 0 atom stereocenters. The van der Waals surface area contributed by atoms with E-state index in [9.17, 15) is 9.59 Å². The van der Waals surface area contributed by atoms with Gasteiger partial charge in [0.05, 0.1) is 17.4 Å². The van der Waals surface area contributed by atoms with Gasteiger partial charge < -0.3 is 10.1 Å². The van der Waals surface area contributed by atoms with Crippen molar-refractivity contribution < 1.29 is 14.3 Å². The first-order valence-electron chi connectivity index (χ1n) is 11.6. The maximum Gasteiger partial charge on any atom is 0.282 e. The lowest BCUT2D eigenvalue weighted by atomic mass is 9.99. The lowest BCUT2D eigenvalue weighted by molar-refractivity contribution is -0.120. The molecule has 0 spiro atoms. The van der Waals surface area contributed by atoms with Gasteiger partial charge in [0.2, 0.25) is 0 Å². The fourth-order valence-electron chi connectivity index (χ4n) is 3.96. The van der Waals surface area contributed by atoms with E-state index in [1.807, 2.05) is 94.4 Å². The van der Waals surface area contributed by atoms with Crippen LogP contribution in [0.2, 0.25) is 0 Å². The van der Waals surface area contributed by atoms with Gasteiger partial charge in [0, 0.05) is 5.69 Å². The van der Waals surface area contributed by atoms with Crippen LogP contribution in [-0.2, 0) is 16.0 Å². The van der Waals surface area contributed by atoms with E-state index in [-0.39, 0.29) is 23.6 Å². The zero-order valence-electron chi connectivity index (χ0n) is 20.3. The Morgan fingerprint density at radius 3 is 2.12 bits per heavy atom. The maximum atomic E-state index is 13.6. The Morgan fingerprint density at radius 2 is 1.53 bits per heavy atom. The summed E-state index contributed by atoms with van der Waals surface area (Å²) in [5.74, 6) is 0.0418. The van der Waals surface area contributed by atoms with E-state index in [1.165, 1.54) is 4.90 Å². The van der Waals surface area contributed by atoms with Crippen LogP contribution in [0.3, 0.4) is 0 Å². The Bertz CT molecular complexity index is 1260. The van der Waals surface area contributed by atoms with Crippen LogP contribution in [0.25, 0.3) is 5.57 Å². The van der Waals surface area contributed by atoms with E-state index >= 15 is 0 Å². The van der Waals surface area contributed by atoms with E-state index in [4.69, 9.17) is 4.74 Å². The molecule has 0 fully saturated rings. The summed E-state index contributed by atoms with van der Waals surface area (Å²) >= 11 is 0. The number of nitrogens with one attached hydrogen (secondary N) is 1. The zero-order chi connectivity index (χ0) is 24.4. The lowest BCUT2D eigenvalue weighted by Crippen LogP contribution is -2.32. The molecule has 3 aromatic carbocycles. The van der Waals surface area contributed by atoms with E-state index in [0.29, 0.717) is 16.9 Å². The molecule has 0 aliphatic carbocycles. The lowest BCUT2D eigenvalue weighted by Gasteiger charge is -2.16. The second-order valence-electron chi connectivity index (χ2n) is 8.83. The van der Waals surface area contributed by atoms with E-state index in [0.717, 1.165) is 34.4 Å². The number of nitrogens with zero attached hydrogens (tertiary/aromatic N) is 1. The van der Waals surface area contributed by atoms with Gasteiger partial charge in [0.1, 0.15) is 11.4 Å². The van der Waals surface area contributed by atoms with Crippen molar-refractivity contribution in [3.8, 4) is 5.75 Å². The Balaban J connectivity index is 1.75. The van der Waals surface area contributed by atoms with Gasteiger partial charge in [0.25, 0.3) is 11.8 Å². The SMILES string of the molecule is CCc1ccc(N2C(=O)C(Nc3ccc(OC(C)C)cc3)=C(c3ccc(C)c(C)c3)C2=O)cc1. The highest BCUT2D eigenvalue weighted by atomic mass is 16.5. The number of hydrogen-bond donors (Lipinski definition) is 1. The third-order valence-electron chi connectivity index (χ3n) is 5.98. The smallest absolute Gasteiger partial charge is 0.282 e. The monoisotopic (exact) mass is 454 g/mol. The van der Waals surface area contributed by atoms with E-state index in [1.54, 1.807) is 0 Å². The van der Waals surface area contributed by atoms with Crippen molar-refractivity contribution in [1.29, 1.82) is 0 Å². The van der Waals surface area contributed by atoms with Crippen LogP contribution in [-0.4, -0.2) is 17.9 Å². The summed E-state index contributed by atoms with van der Waals surface area (Å²) in [7, 11) is 0. The van der Waals surface area contributed by atoms with Gasteiger partial charge in [-0.15, -0.1) is 0 Å². The molecule has 0 radical (unpaired) electrons. The standard InChI is InChI=1S/C29H30N2O3/c1-6-21-8-13-24(14-9-21)31-28(32)26(22-10-7-19(4)20(5)17-22)27(29(31)33)30-23-11-15-25(16-12-23)34-18(2)3/h7-18,30H,6H2,1-5H3. The first-order valence-corrected chi connectivity index (χ1v) is 11.6. The van der Waals surface area contributed by atoms with Crippen molar-refractivity contribution in [3.63, 3.8) is 0 Å². The fraction of sp³-hybridized carbons (Fsp3) is 0.241. The third kappa shape index (κ3) is 4.60. The van der Waals surface area contributed by atoms with Crippen LogP contribution in [0.4, 0.5) is 11.4 Å². The molecule has 1 aliphatic heterocycles. The number of carbonyl (C=O) groups excluding carboxylic acids is 2. The maximum absolute atomic E-state index is 13.6. The van der Waals surface area contributed by atoms with Gasteiger partial charge in [-0.1, -0.05) is 37.3 Å². The molecule has 3 aromatic rings. The van der Waals surface area contributed by atoms with Crippen molar-refractivity contribution >= 4 is 28.8 Å². The molecule has 34 heavy (non-hydrogen) atoms. The molecule has 0 aromatic heterocycles. The highest BCUT2D eigenvalue weighted by Gasteiger charge is 2.40. The molecule has 0 unspecified atom stereocenters. The number of hydrogen-bond acceptors (Lipinski definition) is 4. The highest BCUT2D eigenvalue weighted by molar-refractivity contribution is 6.46. The molecule has 5 heteroatoms. The highest BCUT2D eigenvalue weighted by Crippen LogP contribution is 2.34. The summed E-state index contributed by atoms with van der Waals surface area (Å²) in [6.45, 7) is 10.0. The van der Waals surface area contributed by atoms with Crippen molar-refractivity contribution in [2.24, 2.45) is 0 Å². The molecule has 0 bridgehead atoms. The number of amides is 2. The molecule has 0 saturated heterocycles. The average molecular weight is 455 g/mol. The van der Waals surface area contributed by atoms with E-state index < -0.39 is 0 Å². The Kier molecular flexibility index (Phi) is 6.55. The predicted octanol–water partition coefficient (Wildman–Crippen LogP) is 6.05. The quantitative estimate of drug-likeness (QED) is 0.442. The van der Waals surface area contributed by atoms with Crippen molar-refractivity contribution in [3.05, 3.63) is 94.7 Å². The topological polar surface area (TPSA) is 58.6 Å². The molecule has 2 amide bonds. The second kappa shape index (κ2) is 9.56. The number of carbonyl (C=O) groups is 2. The molecule has 1 N–H and O–H groups in total. The predicted molar refractivity (Wildman–Crippen MR) is 137 cm³/mol. The molecule has 4 rings (SSSR count). The normalized spacial score (nSPS) is 13.8. The number of aryl methyl sites for hydroxylation is 3. The van der Waals surface area contributed by atoms with Crippen LogP contribution >= 0.6 is 0 Å². The molecule has 1 aliphatic rings. The van der Waals surface area contributed by atoms with Gasteiger partial charge in [0.15, 0.2) is 0 Å². The summed E-state index contributed by atoms with van der Waals surface area (Å²) in [5.41, 5.74) is 5.96.